The van der Waals surface area contributed by atoms with Gasteiger partial charge in [0, 0.05) is 19.3 Å². The SMILES string of the molecule is CCOC(C(=O)Cc1cc(C)nn1C)C1CCCCC1. The number of hydrogen-bond donors (Lipinski definition) is 0. The third kappa shape index (κ3) is 3.69. The number of Topliss-reactive ketones (excluding diaryl/α,β-unsaturated/α-hetero) is 1. The molecule has 0 aliphatic heterocycles. The fourth-order valence-electron chi connectivity index (χ4n) is 3.22. The first kappa shape index (κ1) is 15.2. The normalized spacial score (nSPS) is 18.1. The molecule has 1 atom stereocenters. The quantitative estimate of drug-likeness (QED) is 0.803. The number of carbonyl (C=O) groups is 1. The summed E-state index contributed by atoms with van der Waals surface area (Å²) in [5.74, 6) is 0.618. The fraction of sp³-hybridized carbons (Fsp3) is 0.750. The highest BCUT2D eigenvalue weighted by molar-refractivity contribution is 5.85. The molecule has 1 unspecified atom stereocenters. The predicted octanol–water partition coefficient (Wildman–Crippen LogP) is 2.83. The van der Waals surface area contributed by atoms with E-state index in [2.05, 4.69) is 5.10 Å². The summed E-state index contributed by atoms with van der Waals surface area (Å²) in [4.78, 5) is 12.6. The van der Waals surface area contributed by atoms with Crippen molar-refractivity contribution >= 4 is 5.78 Å². The van der Waals surface area contributed by atoms with Gasteiger partial charge >= 0.3 is 0 Å². The van der Waals surface area contributed by atoms with Gasteiger partial charge in [0.25, 0.3) is 0 Å². The van der Waals surface area contributed by atoms with Crippen LogP contribution in [-0.2, 0) is 23.0 Å². The number of ketones is 1. The monoisotopic (exact) mass is 278 g/mol. The average molecular weight is 278 g/mol. The van der Waals surface area contributed by atoms with Gasteiger partial charge in [-0.1, -0.05) is 19.3 Å². The van der Waals surface area contributed by atoms with Crippen LogP contribution in [0.25, 0.3) is 0 Å². The molecule has 0 saturated heterocycles. The van der Waals surface area contributed by atoms with Crippen LogP contribution in [0.3, 0.4) is 0 Å². The van der Waals surface area contributed by atoms with Crippen molar-refractivity contribution in [2.24, 2.45) is 13.0 Å². The Labute approximate surface area is 121 Å². The number of aromatic nitrogens is 2. The van der Waals surface area contributed by atoms with Gasteiger partial charge in [-0.25, -0.2) is 0 Å². The van der Waals surface area contributed by atoms with E-state index in [1.165, 1.54) is 19.3 Å². The first-order chi connectivity index (χ1) is 9.61. The van der Waals surface area contributed by atoms with Crippen molar-refractivity contribution < 1.29 is 9.53 Å². The summed E-state index contributed by atoms with van der Waals surface area (Å²) >= 11 is 0. The molecule has 112 valence electrons. The van der Waals surface area contributed by atoms with E-state index in [1.807, 2.05) is 27.0 Å². The average Bonchev–Trinajstić information content (AvgIpc) is 2.75. The Morgan fingerprint density at radius 1 is 1.45 bits per heavy atom. The van der Waals surface area contributed by atoms with E-state index >= 15 is 0 Å². The Hall–Kier alpha value is -1.16. The third-order valence-electron chi connectivity index (χ3n) is 4.20. The van der Waals surface area contributed by atoms with Crippen molar-refractivity contribution in [1.29, 1.82) is 0 Å². The number of nitrogens with zero attached hydrogens (tertiary/aromatic N) is 2. The first-order valence-electron chi connectivity index (χ1n) is 7.75. The number of carbonyl (C=O) groups excluding carboxylic acids is 1. The minimum atomic E-state index is -0.226. The zero-order chi connectivity index (χ0) is 14.5. The minimum absolute atomic E-state index is 0.210. The number of hydrogen-bond acceptors (Lipinski definition) is 3. The topological polar surface area (TPSA) is 44.1 Å². The number of rotatable bonds is 6. The largest absolute Gasteiger partial charge is 0.370 e. The highest BCUT2D eigenvalue weighted by atomic mass is 16.5. The fourth-order valence-corrected chi connectivity index (χ4v) is 3.22. The van der Waals surface area contributed by atoms with Crippen LogP contribution >= 0.6 is 0 Å². The Bertz CT molecular complexity index is 447. The second-order valence-corrected chi connectivity index (χ2v) is 5.82. The molecule has 1 aromatic heterocycles. The summed E-state index contributed by atoms with van der Waals surface area (Å²) < 4.78 is 7.59. The lowest BCUT2D eigenvalue weighted by Gasteiger charge is -2.29. The van der Waals surface area contributed by atoms with Crippen molar-refractivity contribution in [2.75, 3.05) is 6.61 Å². The molecule has 1 aliphatic rings. The lowest BCUT2D eigenvalue weighted by atomic mass is 9.83. The lowest BCUT2D eigenvalue weighted by molar-refractivity contribution is -0.134. The predicted molar refractivity (Wildman–Crippen MR) is 78.6 cm³/mol. The molecule has 1 aliphatic carbocycles. The molecular weight excluding hydrogens is 252 g/mol. The molecule has 0 amide bonds. The van der Waals surface area contributed by atoms with E-state index in [-0.39, 0.29) is 11.9 Å². The van der Waals surface area contributed by atoms with E-state index in [1.54, 1.807) is 4.68 Å². The highest BCUT2D eigenvalue weighted by Crippen LogP contribution is 2.29. The van der Waals surface area contributed by atoms with Crippen LogP contribution in [-0.4, -0.2) is 28.3 Å². The molecule has 1 fully saturated rings. The van der Waals surface area contributed by atoms with Crippen molar-refractivity contribution in [3.8, 4) is 0 Å². The van der Waals surface area contributed by atoms with Crippen molar-refractivity contribution in [2.45, 2.75) is 58.5 Å². The van der Waals surface area contributed by atoms with Gasteiger partial charge < -0.3 is 4.74 Å². The molecule has 0 bridgehead atoms. The lowest BCUT2D eigenvalue weighted by Crippen LogP contribution is -2.35. The van der Waals surface area contributed by atoms with Gasteiger partial charge in [0.2, 0.25) is 0 Å². The molecule has 0 radical (unpaired) electrons. The Balaban J connectivity index is 2.04. The van der Waals surface area contributed by atoms with E-state index in [0.29, 0.717) is 18.9 Å². The molecule has 4 nitrogen and oxygen atoms in total. The van der Waals surface area contributed by atoms with Gasteiger partial charge in [-0.05, 0) is 38.7 Å². The van der Waals surface area contributed by atoms with Crippen LogP contribution in [0.5, 0.6) is 0 Å². The zero-order valence-electron chi connectivity index (χ0n) is 12.9. The summed E-state index contributed by atoms with van der Waals surface area (Å²) in [5.41, 5.74) is 1.94. The van der Waals surface area contributed by atoms with Crippen LogP contribution in [0.2, 0.25) is 0 Å². The van der Waals surface area contributed by atoms with Crippen LogP contribution in [0.4, 0.5) is 0 Å². The summed E-state index contributed by atoms with van der Waals surface area (Å²) in [7, 11) is 1.89. The molecule has 20 heavy (non-hydrogen) atoms. The molecule has 0 spiro atoms. The summed E-state index contributed by atoms with van der Waals surface area (Å²) in [6, 6.07) is 1.99. The summed E-state index contributed by atoms with van der Waals surface area (Å²) in [6.07, 6.45) is 6.21. The van der Waals surface area contributed by atoms with Crippen LogP contribution in [0, 0.1) is 12.8 Å². The number of aryl methyl sites for hydroxylation is 2. The van der Waals surface area contributed by atoms with Gasteiger partial charge in [0.1, 0.15) is 6.10 Å². The standard InChI is InChI=1S/C16H26N2O2/c1-4-20-16(13-8-6-5-7-9-13)15(19)11-14-10-12(2)17-18(14)3/h10,13,16H,4-9,11H2,1-3H3. The van der Waals surface area contributed by atoms with Gasteiger partial charge in [0.05, 0.1) is 12.1 Å². The van der Waals surface area contributed by atoms with Crippen molar-refractivity contribution in [3.05, 3.63) is 17.5 Å². The van der Waals surface area contributed by atoms with Crippen LogP contribution in [0.1, 0.15) is 50.4 Å². The van der Waals surface area contributed by atoms with Gasteiger partial charge in [-0.15, -0.1) is 0 Å². The number of ether oxygens (including phenoxy) is 1. The molecular formula is C16H26N2O2. The van der Waals surface area contributed by atoms with Gasteiger partial charge in [-0.2, -0.15) is 5.10 Å². The van der Waals surface area contributed by atoms with Crippen molar-refractivity contribution in [1.82, 2.24) is 9.78 Å². The van der Waals surface area contributed by atoms with E-state index in [4.69, 9.17) is 4.74 Å². The zero-order valence-corrected chi connectivity index (χ0v) is 12.9. The second-order valence-electron chi connectivity index (χ2n) is 5.82. The van der Waals surface area contributed by atoms with E-state index in [9.17, 15) is 4.79 Å². The third-order valence-corrected chi connectivity index (χ3v) is 4.20. The van der Waals surface area contributed by atoms with Crippen LogP contribution in [0.15, 0.2) is 6.07 Å². The maximum atomic E-state index is 12.6. The summed E-state index contributed by atoms with van der Waals surface area (Å²) in [6.45, 7) is 4.53. The maximum absolute atomic E-state index is 12.6. The molecule has 4 heteroatoms. The molecule has 1 heterocycles. The van der Waals surface area contributed by atoms with Crippen molar-refractivity contribution in [3.63, 3.8) is 0 Å². The Kier molecular flexibility index (Phi) is 5.35. The highest BCUT2D eigenvalue weighted by Gasteiger charge is 2.30. The first-order valence-corrected chi connectivity index (χ1v) is 7.75. The Morgan fingerprint density at radius 3 is 2.70 bits per heavy atom. The van der Waals surface area contributed by atoms with Crippen LogP contribution < -0.4 is 0 Å². The molecule has 1 saturated carbocycles. The minimum Gasteiger partial charge on any atom is -0.370 e. The van der Waals surface area contributed by atoms with E-state index in [0.717, 1.165) is 24.2 Å². The Morgan fingerprint density at radius 2 is 2.15 bits per heavy atom. The molecule has 2 rings (SSSR count). The van der Waals surface area contributed by atoms with E-state index < -0.39 is 0 Å². The van der Waals surface area contributed by atoms with Gasteiger partial charge in [-0.3, -0.25) is 9.48 Å². The maximum Gasteiger partial charge on any atom is 0.167 e. The molecule has 0 N–H and O–H groups in total. The second kappa shape index (κ2) is 7.02. The smallest absolute Gasteiger partial charge is 0.167 e. The molecule has 0 aromatic carbocycles. The van der Waals surface area contributed by atoms with Gasteiger partial charge in [0.15, 0.2) is 5.78 Å². The molecule has 1 aromatic rings. The summed E-state index contributed by atoms with van der Waals surface area (Å²) in [5, 5.41) is 4.31.